The molecule has 1 heterocycles. The number of ketones is 1. The van der Waals surface area contributed by atoms with Gasteiger partial charge in [0.15, 0.2) is 0 Å². The standard InChI is InChI=1S/C17H17NO/c19-16(9-8-15-6-3-4-10-18-15)12-14-11-13-5-1-2-7-17(13)14/h1-7,10,14H,8-9,11-12H2. The Kier molecular flexibility index (Phi) is 3.41. The van der Waals surface area contributed by atoms with Crippen LogP contribution in [-0.2, 0) is 17.6 Å². The summed E-state index contributed by atoms with van der Waals surface area (Å²) in [6.45, 7) is 0. The van der Waals surface area contributed by atoms with Crippen LogP contribution >= 0.6 is 0 Å². The zero-order chi connectivity index (χ0) is 13.1. The fraction of sp³-hybridized carbons (Fsp3) is 0.294. The van der Waals surface area contributed by atoms with Crippen LogP contribution in [0.2, 0.25) is 0 Å². The predicted molar refractivity (Wildman–Crippen MR) is 75.1 cm³/mol. The summed E-state index contributed by atoms with van der Waals surface area (Å²) < 4.78 is 0. The Hall–Kier alpha value is -1.96. The van der Waals surface area contributed by atoms with Crippen LogP contribution in [0.1, 0.15) is 35.6 Å². The van der Waals surface area contributed by atoms with E-state index < -0.39 is 0 Å². The Bertz CT molecular complexity index is 577. The van der Waals surface area contributed by atoms with Crippen LogP contribution in [0.15, 0.2) is 48.7 Å². The Morgan fingerprint density at radius 1 is 1.16 bits per heavy atom. The minimum atomic E-state index is 0.352. The Morgan fingerprint density at radius 2 is 2.00 bits per heavy atom. The van der Waals surface area contributed by atoms with Crippen LogP contribution in [0.4, 0.5) is 0 Å². The fourth-order valence-corrected chi connectivity index (χ4v) is 2.74. The van der Waals surface area contributed by atoms with E-state index in [9.17, 15) is 4.79 Å². The minimum Gasteiger partial charge on any atom is -0.300 e. The van der Waals surface area contributed by atoms with Gasteiger partial charge in [0.05, 0.1) is 0 Å². The second kappa shape index (κ2) is 5.35. The maximum Gasteiger partial charge on any atom is 0.133 e. The number of carbonyl (C=O) groups is 1. The average Bonchev–Trinajstić information content (AvgIpc) is 2.44. The molecular formula is C17H17NO. The smallest absolute Gasteiger partial charge is 0.133 e. The van der Waals surface area contributed by atoms with E-state index in [4.69, 9.17) is 0 Å². The molecular weight excluding hydrogens is 234 g/mol. The van der Waals surface area contributed by atoms with E-state index in [1.165, 1.54) is 11.1 Å². The Labute approximate surface area is 113 Å². The molecule has 1 aromatic carbocycles. The number of Topliss-reactive ketones (excluding diaryl/α,β-unsaturated/α-hetero) is 1. The molecule has 1 aromatic heterocycles. The lowest BCUT2D eigenvalue weighted by Gasteiger charge is -2.29. The van der Waals surface area contributed by atoms with Crippen LogP contribution in [0.25, 0.3) is 0 Å². The number of benzene rings is 1. The molecule has 2 nitrogen and oxygen atoms in total. The lowest BCUT2D eigenvalue weighted by Crippen LogP contribution is -2.20. The molecule has 2 aromatic rings. The molecule has 1 atom stereocenters. The number of rotatable bonds is 5. The number of fused-ring (bicyclic) bond motifs is 1. The van der Waals surface area contributed by atoms with Gasteiger partial charge >= 0.3 is 0 Å². The van der Waals surface area contributed by atoms with Gasteiger partial charge in [0.1, 0.15) is 5.78 Å². The van der Waals surface area contributed by atoms with Crippen molar-refractivity contribution >= 4 is 5.78 Å². The quantitative estimate of drug-likeness (QED) is 0.816. The SMILES string of the molecule is O=C(CCc1ccccn1)CC1Cc2ccccc21. The summed E-state index contributed by atoms with van der Waals surface area (Å²) >= 11 is 0. The topological polar surface area (TPSA) is 30.0 Å². The first-order valence-corrected chi connectivity index (χ1v) is 6.82. The number of nitrogens with zero attached hydrogens (tertiary/aromatic N) is 1. The Morgan fingerprint density at radius 3 is 2.79 bits per heavy atom. The first-order valence-electron chi connectivity index (χ1n) is 6.82. The highest BCUT2D eigenvalue weighted by molar-refractivity contribution is 5.80. The third-order valence-electron chi connectivity index (χ3n) is 3.82. The van der Waals surface area contributed by atoms with Gasteiger partial charge in [0.25, 0.3) is 0 Å². The van der Waals surface area contributed by atoms with Crippen molar-refractivity contribution in [2.24, 2.45) is 0 Å². The molecule has 1 unspecified atom stereocenters. The largest absolute Gasteiger partial charge is 0.300 e. The van der Waals surface area contributed by atoms with E-state index in [2.05, 4.69) is 29.2 Å². The molecule has 0 spiro atoms. The number of pyridine rings is 1. The van der Waals surface area contributed by atoms with Crippen molar-refractivity contribution in [3.63, 3.8) is 0 Å². The second-order valence-corrected chi connectivity index (χ2v) is 5.16. The van der Waals surface area contributed by atoms with Gasteiger partial charge < -0.3 is 0 Å². The number of hydrogen-bond donors (Lipinski definition) is 0. The van der Waals surface area contributed by atoms with Gasteiger partial charge in [-0.15, -0.1) is 0 Å². The number of aryl methyl sites for hydroxylation is 1. The van der Waals surface area contributed by atoms with Gasteiger partial charge in [0, 0.05) is 24.7 Å². The van der Waals surface area contributed by atoms with Crippen molar-refractivity contribution in [1.29, 1.82) is 0 Å². The summed E-state index contributed by atoms with van der Waals surface area (Å²) in [7, 11) is 0. The summed E-state index contributed by atoms with van der Waals surface area (Å²) in [6.07, 6.45) is 4.89. The van der Waals surface area contributed by atoms with E-state index >= 15 is 0 Å². The normalized spacial score (nSPS) is 16.5. The highest BCUT2D eigenvalue weighted by Gasteiger charge is 2.26. The maximum atomic E-state index is 12.0. The zero-order valence-corrected chi connectivity index (χ0v) is 10.9. The lowest BCUT2D eigenvalue weighted by molar-refractivity contribution is -0.119. The van der Waals surface area contributed by atoms with Crippen molar-refractivity contribution in [2.45, 2.75) is 31.6 Å². The molecule has 1 aliphatic carbocycles. The molecule has 0 radical (unpaired) electrons. The van der Waals surface area contributed by atoms with E-state index in [0.29, 0.717) is 24.5 Å². The molecule has 96 valence electrons. The molecule has 0 amide bonds. The van der Waals surface area contributed by atoms with Gasteiger partial charge in [-0.2, -0.15) is 0 Å². The molecule has 0 fully saturated rings. The van der Waals surface area contributed by atoms with E-state index in [1.807, 2.05) is 18.2 Å². The number of carbonyl (C=O) groups excluding carboxylic acids is 1. The van der Waals surface area contributed by atoms with Crippen molar-refractivity contribution in [1.82, 2.24) is 4.98 Å². The highest BCUT2D eigenvalue weighted by atomic mass is 16.1. The molecule has 2 heteroatoms. The minimum absolute atomic E-state index is 0.352. The van der Waals surface area contributed by atoms with Crippen molar-refractivity contribution in [2.75, 3.05) is 0 Å². The summed E-state index contributed by atoms with van der Waals surface area (Å²) in [5.41, 5.74) is 3.78. The fourth-order valence-electron chi connectivity index (χ4n) is 2.74. The molecule has 0 saturated carbocycles. The van der Waals surface area contributed by atoms with Crippen LogP contribution in [0, 0.1) is 0 Å². The van der Waals surface area contributed by atoms with Gasteiger partial charge in [0.2, 0.25) is 0 Å². The summed E-state index contributed by atoms with van der Waals surface area (Å²) in [5.74, 6) is 0.803. The van der Waals surface area contributed by atoms with Gasteiger partial charge in [-0.25, -0.2) is 0 Å². The van der Waals surface area contributed by atoms with Crippen LogP contribution in [-0.4, -0.2) is 10.8 Å². The van der Waals surface area contributed by atoms with Gasteiger partial charge in [-0.1, -0.05) is 30.3 Å². The molecule has 3 rings (SSSR count). The lowest BCUT2D eigenvalue weighted by atomic mass is 9.75. The summed E-state index contributed by atoms with van der Waals surface area (Å²) in [6, 6.07) is 14.3. The highest BCUT2D eigenvalue weighted by Crippen LogP contribution is 2.37. The predicted octanol–water partition coefficient (Wildman–Crippen LogP) is 3.31. The Balaban J connectivity index is 1.51. The molecule has 19 heavy (non-hydrogen) atoms. The summed E-state index contributed by atoms with van der Waals surface area (Å²) in [5, 5.41) is 0. The monoisotopic (exact) mass is 251 g/mol. The summed E-state index contributed by atoms with van der Waals surface area (Å²) in [4.78, 5) is 16.2. The van der Waals surface area contributed by atoms with E-state index in [-0.39, 0.29) is 0 Å². The first-order chi connectivity index (χ1) is 9.33. The van der Waals surface area contributed by atoms with Gasteiger partial charge in [-0.05, 0) is 42.0 Å². The third-order valence-corrected chi connectivity index (χ3v) is 3.82. The van der Waals surface area contributed by atoms with Crippen molar-refractivity contribution in [3.8, 4) is 0 Å². The average molecular weight is 251 g/mol. The number of hydrogen-bond acceptors (Lipinski definition) is 2. The maximum absolute atomic E-state index is 12.0. The van der Waals surface area contributed by atoms with E-state index in [1.54, 1.807) is 6.20 Å². The van der Waals surface area contributed by atoms with Crippen LogP contribution < -0.4 is 0 Å². The van der Waals surface area contributed by atoms with Crippen LogP contribution in [0.5, 0.6) is 0 Å². The second-order valence-electron chi connectivity index (χ2n) is 5.16. The molecule has 0 bridgehead atoms. The molecule has 1 aliphatic rings. The zero-order valence-electron chi connectivity index (χ0n) is 10.9. The van der Waals surface area contributed by atoms with Gasteiger partial charge in [-0.3, -0.25) is 9.78 Å². The van der Waals surface area contributed by atoms with E-state index in [0.717, 1.165) is 18.5 Å². The number of aromatic nitrogens is 1. The molecule has 0 N–H and O–H groups in total. The van der Waals surface area contributed by atoms with Crippen molar-refractivity contribution < 1.29 is 4.79 Å². The third kappa shape index (κ3) is 2.73. The molecule has 0 saturated heterocycles. The first kappa shape index (κ1) is 12.1. The van der Waals surface area contributed by atoms with Crippen molar-refractivity contribution in [3.05, 3.63) is 65.5 Å². The molecule has 0 aliphatic heterocycles. The van der Waals surface area contributed by atoms with Crippen LogP contribution in [0.3, 0.4) is 0 Å².